The van der Waals surface area contributed by atoms with E-state index in [4.69, 9.17) is 11.6 Å². The highest BCUT2D eigenvalue weighted by molar-refractivity contribution is 7.10. The van der Waals surface area contributed by atoms with Crippen molar-refractivity contribution in [2.45, 2.75) is 47.6 Å². The Morgan fingerprint density at radius 1 is 0.900 bits per heavy atom. The molecular formula is C17H21ClOS. The first-order chi connectivity index (χ1) is 9.27. The van der Waals surface area contributed by atoms with Crippen molar-refractivity contribution >= 4 is 22.9 Å². The highest BCUT2D eigenvalue weighted by Gasteiger charge is 2.23. The zero-order chi connectivity index (χ0) is 15.2. The maximum atomic E-state index is 10.8. The Bertz CT molecular complexity index is 641. The average molecular weight is 309 g/mol. The number of halogens is 1. The molecule has 1 nitrogen and oxygen atoms in total. The first kappa shape index (κ1) is 15.6. The lowest BCUT2D eigenvalue weighted by Crippen LogP contribution is -2.08. The number of thiophene rings is 1. The molecule has 0 saturated carbocycles. The molecule has 2 aromatic rings. The minimum absolute atomic E-state index is 0.640. The molecule has 0 bridgehead atoms. The van der Waals surface area contributed by atoms with Crippen LogP contribution in [0.15, 0.2) is 5.38 Å². The molecule has 2 rings (SSSR count). The molecule has 0 aliphatic rings. The molecule has 0 aliphatic carbocycles. The summed E-state index contributed by atoms with van der Waals surface area (Å²) in [5, 5.41) is 13.5. The van der Waals surface area contributed by atoms with Crippen LogP contribution in [0.1, 0.15) is 49.9 Å². The smallest absolute Gasteiger partial charge is 0.115 e. The Hall–Kier alpha value is -0.830. The van der Waals surface area contributed by atoms with Gasteiger partial charge in [0.1, 0.15) is 6.10 Å². The molecule has 0 fully saturated rings. The van der Waals surface area contributed by atoms with Gasteiger partial charge in [0.25, 0.3) is 0 Å². The molecule has 1 aromatic heterocycles. The lowest BCUT2D eigenvalue weighted by atomic mass is 9.87. The second-order valence-corrected chi connectivity index (χ2v) is 6.83. The van der Waals surface area contributed by atoms with Crippen LogP contribution in [0.4, 0.5) is 0 Å². The van der Waals surface area contributed by atoms with E-state index >= 15 is 0 Å². The van der Waals surface area contributed by atoms with Crippen LogP contribution in [0, 0.1) is 41.5 Å². The summed E-state index contributed by atoms with van der Waals surface area (Å²) in [5.41, 5.74) is 8.19. The van der Waals surface area contributed by atoms with Crippen molar-refractivity contribution in [1.29, 1.82) is 0 Å². The Kier molecular flexibility index (Phi) is 4.29. The highest BCUT2D eigenvalue weighted by atomic mass is 35.5. The van der Waals surface area contributed by atoms with E-state index in [1.807, 2.05) is 12.3 Å². The minimum atomic E-state index is -0.640. The molecule has 1 N–H and O–H groups in total. The molecular weight excluding hydrogens is 288 g/mol. The van der Waals surface area contributed by atoms with Crippen molar-refractivity contribution in [2.75, 3.05) is 0 Å². The molecule has 3 heteroatoms. The average Bonchev–Trinajstić information content (AvgIpc) is 2.74. The standard InChI is InChI=1S/C17H21ClOS/c1-8-7-20-17(15(8)18)16(19)14-12(5)10(3)9(2)11(4)13(14)6/h7,16,19H,1-6H3. The van der Waals surface area contributed by atoms with Crippen LogP contribution in [0.25, 0.3) is 0 Å². The second-order valence-electron chi connectivity index (χ2n) is 5.54. The zero-order valence-corrected chi connectivity index (χ0v) is 14.5. The van der Waals surface area contributed by atoms with Crippen LogP contribution in [0.2, 0.25) is 5.02 Å². The Balaban J connectivity index is 2.67. The first-order valence-electron chi connectivity index (χ1n) is 6.75. The van der Waals surface area contributed by atoms with Crippen LogP contribution < -0.4 is 0 Å². The molecule has 1 heterocycles. The van der Waals surface area contributed by atoms with Gasteiger partial charge in [0, 0.05) is 0 Å². The summed E-state index contributed by atoms with van der Waals surface area (Å²) < 4.78 is 0. The number of rotatable bonds is 2. The Morgan fingerprint density at radius 2 is 1.35 bits per heavy atom. The fourth-order valence-corrected chi connectivity index (χ4v) is 3.99. The van der Waals surface area contributed by atoms with Crippen molar-refractivity contribution < 1.29 is 5.11 Å². The van der Waals surface area contributed by atoms with Crippen LogP contribution in [0.5, 0.6) is 0 Å². The minimum Gasteiger partial charge on any atom is -0.383 e. The number of aliphatic hydroxyl groups is 1. The van der Waals surface area contributed by atoms with Gasteiger partial charge >= 0.3 is 0 Å². The topological polar surface area (TPSA) is 20.2 Å². The predicted molar refractivity (Wildman–Crippen MR) is 88.3 cm³/mol. The lowest BCUT2D eigenvalue weighted by molar-refractivity contribution is 0.222. The number of hydrogen-bond acceptors (Lipinski definition) is 2. The summed E-state index contributed by atoms with van der Waals surface area (Å²) in [6.45, 7) is 12.5. The number of aliphatic hydroxyl groups excluding tert-OH is 1. The van der Waals surface area contributed by atoms with E-state index in [0.29, 0.717) is 5.02 Å². The van der Waals surface area contributed by atoms with Crippen LogP contribution in [0.3, 0.4) is 0 Å². The summed E-state index contributed by atoms with van der Waals surface area (Å²) in [5.74, 6) is 0. The molecule has 1 aromatic carbocycles. The van der Waals surface area contributed by atoms with E-state index in [-0.39, 0.29) is 0 Å². The van der Waals surface area contributed by atoms with Gasteiger partial charge < -0.3 is 5.11 Å². The monoisotopic (exact) mass is 308 g/mol. The van der Waals surface area contributed by atoms with E-state index in [0.717, 1.165) is 16.0 Å². The van der Waals surface area contributed by atoms with Gasteiger partial charge in [0.2, 0.25) is 0 Å². The maximum absolute atomic E-state index is 10.8. The summed E-state index contributed by atoms with van der Waals surface area (Å²) >= 11 is 7.85. The molecule has 0 aliphatic heterocycles. The van der Waals surface area contributed by atoms with Crippen LogP contribution in [-0.2, 0) is 0 Å². The summed E-state index contributed by atoms with van der Waals surface area (Å²) in [7, 11) is 0. The van der Waals surface area contributed by atoms with Gasteiger partial charge in [-0.1, -0.05) is 11.6 Å². The second kappa shape index (κ2) is 5.51. The van der Waals surface area contributed by atoms with Gasteiger partial charge in [-0.2, -0.15) is 0 Å². The quantitative estimate of drug-likeness (QED) is 0.794. The number of benzene rings is 1. The molecule has 0 amide bonds. The van der Waals surface area contributed by atoms with Gasteiger partial charge in [-0.3, -0.25) is 0 Å². The normalized spacial score (nSPS) is 12.8. The van der Waals surface area contributed by atoms with E-state index in [1.165, 1.54) is 39.2 Å². The SMILES string of the molecule is Cc1csc(C(O)c2c(C)c(C)c(C)c(C)c2C)c1Cl. The summed E-state index contributed by atoms with van der Waals surface area (Å²) in [4.78, 5) is 0.845. The van der Waals surface area contributed by atoms with Crippen molar-refractivity contribution in [1.82, 2.24) is 0 Å². The molecule has 0 radical (unpaired) electrons. The predicted octanol–water partition coefficient (Wildman–Crippen LogP) is 5.33. The third-order valence-corrected chi connectivity index (χ3v) is 6.27. The number of aryl methyl sites for hydroxylation is 1. The van der Waals surface area contributed by atoms with Crippen molar-refractivity contribution in [3.05, 3.63) is 54.2 Å². The molecule has 20 heavy (non-hydrogen) atoms. The van der Waals surface area contributed by atoms with E-state index in [9.17, 15) is 5.11 Å². The van der Waals surface area contributed by atoms with Gasteiger partial charge in [-0.25, -0.2) is 0 Å². The van der Waals surface area contributed by atoms with Gasteiger partial charge in [0.05, 0.1) is 9.90 Å². The molecule has 0 spiro atoms. The molecule has 1 unspecified atom stereocenters. The first-order valence-corrected chi connectivity index (χ1v) is 8.01. The summed E-state index contributed by atoms with van der Waals surface area (Å²) in [6.07, 6.45) is -0.640. The molecule has 108 valence electrons. The maximum Gasteiger partial charge on any atom is 0.115 e. The third-order valence-electron chi connectivity index (χ3n) is 4.51. The van der Waals surface area contributed by atoms with Crippen molar-refractivity contribution in [3.8, 4) is 0 Å². The zero-order valence-electron chi connectivity index (χ0n) is 12.9. The van der Waals surface area contributed by atoms with Gasteiger partial charge in [-0.15, -0.1) is 11.3 Å². The Labute approximate surface area is 130 Å². The summed E-state index contributed by atoms with van der Waals surface area (Å²) in [6, 6.07) is 0. The fraction of sp³-hybridized carbons (Fsp3) is 0.412. The number of hydrogen-bond donors (Lipinski definition) is 1. The van der Waals surface area contributed by atoms with Crippen LogP contribution in [-0.4, -0.2) is 5.11 Å². The molecule has 0 saturated heterocycles. The largest absolute Gasteiger partial charge is 0.383 e. The van der Waals surface area contributed by atoms with E-state index in [1.54, 1.807) is 0 Å². The Morgan fingerprint density at radius 3 is 1.75 bits per heavy atom. The van der Waals surface area contributed by atoms with Crippen molar-refractivity contribution in [3.63, 3.8) is 0 Å². The van der Waals surface area contributed by atoms with Crippen LogP contribution >= 0.6 is 22.9 Å². The van der Waals surface area contributed by atoms with Crippen molar-refractivity contribution in [2.24, 2.45) is 0 Å². The van der Waals surface area contributed by atoms with E-state index in [2.05, 4.69) is 34.6 Å². The lowest BCUT2D eigenvalue weighted by Gasteiger charge is -2.22. The van der Waals surface area contributed by atoms with Gasteiger partial charge in [-0.05, 0) is 85.9 Å². The van der Waals surface area contributed by atoms with Gasteiger partial charge in [0.15, 0.2) is 0 Å². The third kappa shape index (κ3) is 2.30. The fourth-order valence-electron chi connectivity index (χ4n) is 2.70. The highest BCUT2D eigenvalue weighted by Crippen LogP contribution is 2.39. The van der Waals surface area contributed by atoms with E-state index < -0.39 is 6.10 Å². The molecule has 1 atom stereocenters.